The molecular weight excluding hydrogens is 234 g/mol. The van der Waals surface area contributed by atoms with Crippen molar-refractivity contribution in [1.82, 2.24) is 0 Å². The van der Waals surface area contributed by atoms with Crippen LogP contribution in [0.2, 0.25) is 0 Å². The largest absolute Gasteiger partial charge is 0.450 e. The van der Waals surface area contributed by atoms with Gasteiger partial charge in [0.25, 0.3) is 0 Å². The predicted octanol–water partition coefficient (Wildman–Crippen LogP) is 2.80. The Hall–Kier alpha value is -2.04. The third-order valence-corrected chi connectivity index (χ3v) is 3.46. The van der Waals surface area contributed by atoms with E-state index < -0.39 is 5.60 Å². The number of carbonyl (C=O) groups excluding carboxylic acids is 1. The number of ether oxygens (including phenoxy) is 2. The fourth-order valence-electron chi connectivity index (χ4n) is 2.56. The highest BCUT2D eigenvalue weighted by Gasteiger charge is 2.46. The maximum Gasteiger partial charge on any atom is 0.339 e. The lowest BCUT2D eigenvalue weighted by atomic mass is 9.85. The molecule has 1 aromatic carbocycles. The van der Waals surface area contributed by atoms with Crippen LogP contribution in [0.5, 0.6) is 0 Å². The monoisotopic (exact) mass is 245 g/mol. The second-order valence-electron chi connectivity index (χ2n) is 4.42. The maximum atomic E-state index is 11.8. The summed E-state index contributed by atoms with van der Waals surface area (Å²) < 4.78 is 10.9. The number of benzene rings is 1. The van der Waals surface area contributed by atoms with Crippen molar-refractivity contribution in [2.75, 3.05) is 13.2 Å². The zero-order valence-electron chi connectivity index (χ0n) is 9.63. The molecule has 6 nitrogen and oxygen atoms in total. The fourth-order valence-corrected chi connectivity index (χ4v) is 2.56. The van der Waals surface area contributed by atoms with Crippen molar-refractivity contribution in [3.63, 3.8) is 0 Å². The van der Waals surface area contributed by atoms with Crippen molar-refractivity contribution >= 4 is 11.7 Å². The van der Waals surface area contributed by atoms with E-state index in [1.165, 1.54) is 0 Å². The molecule has 0 aliphatic carbocycles. The van der Waals surface area contributed by atoms with Gasteiger partial charge >= 0.3 is 5.97 Å². The summed E-state index contributed by atoms with van der Waals surface area (Å²) in [5.41, 5.74) is 9.75. The third-order valence-electron chi connectivity index (χ3n) is 3.46. The molecule has 2 aliphatic heterocycles. The number of nitrogens with zero attached hydrogens (tertiary/aromatic N) is 3. The molecule has 0 saturated carbocycles. The van der Waals surface area contributed by atoms with Crippen LogP contribution in [0.3, 0.4) is 0 Å². The minimum absolute atomic E-state index is 0.306. The first-order chi connectivity index (χ1) is 8.75. The van der Waals surface area contributed by atoms with E-state index in [0.29, 0.717) is 37.3 Å². The molecule has 0 aromatic heterocycles. The van der Waals surface area contributed by atoms with Gasteiger partial charge < -0.3 is 9.47 Å². The lowest BCUT2D eigenvalue weighted by molar-refractivity contribution is -0.0734. The quantitative estimate of drug-likeness (QED) is 0.330. The van der Waals surface area contributed by atoms with Crippen molar-refractivity contribution in [2.24, 2.45) is 5.11 Å². The van der Waals surface area contributed by atoms with E-state index in [4.69, 9.17) is 15.0 Å². The molecule has 2 aliphatic rings. The molecule has 0 N–H and O–H groups in total. The molecule has 92 valence electrons. The number of azide groups is 1. The van der Waals surface area contributed by atoms with Gasteiger partial charge in [-0.25, -0.2) is 4.79 Å². The zero-order valence-corrected chi connectivity index (χ0v) is 9.63. The van der Waals surface area contributed by atoms with Gasteiger partial charge in [0.1, 0.15) is 5.60 Å². The molecule has 1 fully saturated rings. The molecule has 6 heteroatoms. The first-order valence-corrected chi connectivity index (χ1v) is 5.76. The van der Waals surface area contributed by atoms with E-state index in [0.717, 1.165) is 5.56 Å². The Labute approximate surface area is 103 Å². The number of rotatable bonds is 1. The van der Waals surface area contributed by atoms with Crippen LogP contribution in [-0.4, -0.2) is 19.2 Å². The topological polar surface area (TPSA) is 84.3 Å². The molecular formula is C12H11N3O3. The first-order valence-electron chi connectivity index (χ1n) is 5.76. The molecule has 1 spiro atoms. The highest BCUT2D eigenvalue weighted by atomic mass is 16.6. The van der Waals surface area contributed by atoms with Gasteiger partial charge in [-0.05, 0) is 17.7 Å². The van der Waals surface area contributed by atoms with Crippen LogP contribution in [0, 0.1) is 0 Å². The first kappa shape index (κ1) is 11.1. The Balaban J connectivity index is 2.11. The molecule has 0 amide bonds. The Kier molecular flexibility index (Phi) is 2.47. The van der Waals surface area contributed by atoms with Crippen molar-refractivity contribution in [3.8, 4) is 0 Å². The van der Waals surface area contributed by atoms with Gasteiger partial charge in [-0.1, -0.05) is 11.2 Å². The Morgan fingerprint density at radius 3 is 2.83 bits per heavy atom. The Bertz CT molecular complexity index is 558. The molecule has 0 atom stereocenters. The van der Waals surface area contributed by atoms with Crippen molar-refractivity contribution in [3.05, 3.63) is 39.8 Å². The average Bonchev–Trinajstić information content (AvgIpc) is 2.64. The predicted molar refractivity (Wildman–Crippen MR) is 62.4 cm³/mol. The highest BCUT2D eigenvalue weighted by Crippen LogP contribution is 2.44. The van der Waals surface area contributed by atoms with Gasteiger partial charge in [0.05, 0.1) is 18.8 Å². The number of fused-ring (bicyclic) bond motifs is 2. The van der Waals surface area contributed by atoms with Crippen molar-refractivity contribution in [1.29, 1.82) is 0 Å². The minimum Gasteiger partial charge on any atom is -0.450 e. The van der Waals surface area contributed by atoms with Crippen LogP contribution in [0.1, 0.15) is 28.8 Å². The second kappa shape index (κ2) is 4.01. The summed E-state index contributed by atoms with van der Waals surface area (Å²) in [5.74, 6) is -0.306. The van der Waals surface area contributed by atoms with Crippen molar-refractivity contribution in [2.45, 2.75) is 18.4 Å². The summed E-state index contributed by atoms with van der Waals surface area (Å²) >= 11 is 0. The number of hydrogen-bond acceptors (Lipinski definition) is 4. The third kappa shape index (κ3) is 1.54. The highest BCUT2D eigenvalue weighted by molar-refractivity contribution is 5.95. The van der Waals surface area contributed by atoms with E-state index in [9.17, 15) is 4.79 Å². The average molecular weight is 245 g/mol. The number of esters is 1. The van der Waals surface area contributed by atoms with Gasteiger partial charge in [-0.3, -0.25) is 0 Å². The van der Waals surface area contributed by atoms with Gasteiger partial charge in [0.15, 0.2) is 0 Å². The van der Waals surface area contributed by atoms with Crippen LogP contribution in [0.25, 0.3) is 10.4 Å². The molecule has 1 aromatic rings. The number of hydrogen-bond donors (Lipinski definition) is 0. The smallest absolute Gasteiger partial charge is 0.339 e. The lowest BCUT2D eigenvalue weighted by Gasteiger charge is -2.32. The van der Waals surface area contributed by atoms with E-state index in [1.54, 1.807) is 18.2 Å². The molecule has 18 heavy (non-hydrogen) atoms. The number of carbonyl (C=O) groups is 1. The van der Waals surface area contributed by atoms with Crippen LogP contribution >= 0.6 is 0 Å². The second-order valence-corrected chi connectivity index (χ2v) is 4.42. The molecule has 0 bridgehead atoms. The van der Waals surface area contributed by atoms with Crippen LogP contribution in [0.15, 0.2) is 23.3 Å². The molecule has 0 radical (unpaired) electrons. The standard InChI is InChI=1S/C12H11N3O3/c13-15-14-8-1-2-9-10(7-8)12(18-11(9)16)3-5-17-6-4-12/h1-2,7H,3-6H2. The SMILES string of the molecule is [N-]=[N+]=Nc1ccc2c(c1)C1(CCOCC1)OC2=O. The summed E-state index contributed by atoms with van der Waals surface area (Å²) in [7, 11) is 0. The lowest BCUT2D eigenvalue weighted by Crippen LogP contribution is -2.33. The van der Waals surface area contributed by atoms with E-state index in [2.05, 4.69) is 10.0 Å². The maximum absolute atomic E-state index is 11.8. The van der Waals surface area contributed by atoms with Gasteiger partial charge in [0, 0.05) is 29.0 Å². The van der Waals surface area contributed by atoms with Gasteiger partial charge in [-0.2, -0.15) is 0 Å². The summed E-state index contributed by atoms with van der Waals surface area (Å²) in [5, 5.41) is 3.57. The molecule has 0 unspecified atom stereocenters. The van der Waals surface area contributed by atoms with Gasteiger partial charge in [0.2, 0.25) is 0 Å². The molecule has 3 rings (SSSR count). The van der Waals surface area contributed by atoms with E-state index >= 15 is 0 Å². The van der Waals surface area contributed by atoms with Crippen LogP contribution in [0.4, 0.5) is 5.69 Å². The summed E-state index contributed by atoms with van der Waals surface area (Å²) in [4.78, 5) is 14.6. The Morgan fingerprint density at radius 1 is 1.33 bits per heavy atom. The molecule has 1 saturated heterocycles. The summed E-state index contributed by atoms with van der Waals surface area (Å²) in [6.07, 6.45) is 1.29. The Morgan fingerprint density at radius 2 is 2.11 bits per heavy atom. The summed E-state index contributed by atoms with van der Waals surface area (Å²) in [6, 6.07) is 5.02. The normalized spacial score (nSPS) is 20.1. The molecule has 2 heterocycles. The van der Waals surface area contributed by atoms with Crippen LogP contribution < -0.4 is 0 Å². The minimum atomic E-state index is -0.592. The zero-order chi connectivity index (χ0) is 12.6. The van der Waals surface area contributed by atoms with Gasteiger partial charge in [-0.15, -0.1) is 0 Å². The van der Waals surface area contributed by atoms with E-state index in [-0.39, 0.29) is 5.97 Å². The summed E-state index contributed by atoms with van der Waals surface area (Å²) in [6.45, 7) is 1.14. The van der Waals surface area contributed by atoms with E-state index in [1.807, 2.05) is 0 Å². The van der Waals surface area contributed by atoms with Crippen LogP contribution in [-0.2, 0) is 15.1 Å². The van der Waals surface area contributed by atoms with Crippen molar-refractivity contribution < 1.29 is 14.3 Å². The fraction of sp³-hybridized carbons (Fsp3) is 0.417.